The minimum Gasteiger partial charge on any atom is -0.313 e. The molecule has 1 fully saturated rings. The Morgan fingerprint density at radius 3 is 2.03 bits per heavy atom. The first kappa shape index (κ1) is 22.7. The van der Waals surface area contributed by atoms with Crippen molar-refractivity contribution in [3.8, 4) is 0 Å². The van der Waals surface area contributed by atoms with E-state index in [-0.39, 0.29) is 10.9 Å². The third-order valence-corrected chi connectivity index (χ3v) is 7.47. The molecule has 0 bridgehead atoms. The number of sulfonamides is 1. The lowest BCUT2D eigenvalue weighted by Crippen LogP contribution is -2.42. The van der Waals surface area contributed by atoms with Gasteiger partial charge in [-0.3, -0.25) is 0 Å². The fourth-order valence-corrected chi connectivity index (χ4v) is 5.47. The first-order valence-corrected chi connectivity index (χ1v) is 12.7. The first-order chi connectivity index (χ1) is 15.5. The van der Waals surface area contributed by atoms with Crippen molar-refractivity contribution in [3.63, 3.8) is 0 Å². The zero-order valence-corrected chi connectivity index (χ0v) is 19.2. The van der Waals surface area contributed by atoms with Crippen molar-refractivity contribution in [3.05, 3.63) is 102 Å². The third kappa shape index (κ3) is 5.64. The smallest absolute Gasteiger partial charge is 0.241 e. The maximum atomic E-state index is 13.4. The van der Waals surface area contributed by atoms with Crippen LogP contribution in [0.3, 0.4) is 0 Å². The third-order valence-electron chi connectivity index (χ3n) is 6.01. The van der Waals surface area contributed by atoms with Crippen LogP contribution in [-0.4, -0.2) is 27.5 Å². The molecule has 32 heavy (non-hydrogen) atoms. The van der Waals surface area contributed by atoms with Crippen LogP contribution in [0.1, 0.15) is 41.6 Å². The zero-order valence-electron chi connectivity index (χ0n) is 18.4. The predicted molar refractivity (Wildman–Crippen MR) is 129 cm³/mol. The molecule has 0 aliphatic carbocycles. The molecule has 0 saturated carbocycles. The highest BCUT2D eigenvalue weighted by Crippen LogP contribution is 2.31. The number of rotatable bonds is 9. The highest BCUT2D eigenvalue weighted by atomic mass is 32.2. The lowest BCUT2D eigenvalue weighted by Gasteiger charge is -2.31. The Morgan fingerprint density at radius 2 is 1.47 bits per heavy atom. The summed E-state index contributed by atoms with van der Waals surface area (Å²) in [5, 5.41) is 7.19. The number of aryl methyl sites for hydroxylation is 1. The van der Waals surface area contributed by atoms with E-state index in [1.54, 1.807) is 12.1 Å². The molecule has 0 spiro atoms. The second kappa shape index (κ2) is 10.4. The largest absolute Gasteiger partial charge is 0.313 e. The van der Waals surface area contributed by atoms with Crippen LogP contribution in [0, 0.1) is 6.92 Å². The second-order valence-electron chi connectivity index (χ2n) is 8.41. The Balaban J connectivity index is 1.69. The lowest BCUT2D eigenvalue weighted by atomic mass is 9.94. The molecular formula is C26H31N3O2S. The average Bonchev–Trinajstić information content (AvgIpc) is 3.34. The zero-order chi connectivity index (χ0) is 22.4. The molecule has 0 amide bonds. The second-order valence-corrected chi connectivity index (χ2v) is 10.1. The molecule has 6 heteroatoms. The van der Waals surface area contributed by atoms with Crippen LogP contribution < -0.4 is 15.4 Å². The minimum atomic E-state index is -3.72. The molecule has 0 unspecified atom stereocenters. The number of nitrogens with one attached hydrogen (secondary N) is 3. The van der Waals surface area contributed by atoms with E-state index in [4.69, 9.17) is 0 Å². The highest BCUT2D eigenvalue weighted by molar-refractivity contribution is 7.89. The van der Waals surface area contributed by atoms with Gasteiger partial charge in [-0.25, -0.2) is 13.1 Å². The Morgan fingerprint density at radius 1 is 0.875 bits per heavy atom. The van der Waals surface area contributed by atoms with Crippen molar-refractivity contribution < 1.29 is 8.42 Å². The number of benzene rings is 3. The molecule has 1 saturated heterocycles. The monoisotopic (exact) mass is 449 g/mol. The van der Waals surface area contributed by atoms with Crippen molar-refractivity contribution in [2.45, 2.75) is 42.8 Å². The molecule has 4 rings (SSSR count). The molecule has 5 nitrogen and oxygen atoms in total. The van der Waals surface area contributed by atoms with Crippen LogP contribution in [0.5, 0.6) is 0 Å². The number of hydrogen-bond donors (Lipinski definition) is 3. The van der Waals surface area contributed by atoms with Gasteiger partial charge in [0, 0.05) is 12.6 Å². The van der Waals surface area contributed by atoms with Crippen molar-refractivity contribution >= 4 is 10.0 Å². The van der Waals surface area contributed by atoms with Gasteiger partial charge in [0.1, 0.15) is 0 Å². The number of hydrogen-bond acceptors (Lipinski definition) is 4. The summed E-state index contributed by atoms with van der Waals surface area (Å²) >= 11 is 0. The van der Waals surface area contributed by atoms with Crippen molar-refractivity contribution in [1.29, 1.82) is 0 Å². The first-order valence-electron chi connectivity index (χ1n) is 11.2. The Kier molecular flexibility index (Phi) is 7.37. The van der Waals surface area contributed by atoms with E-state index < -0.39 is 16.1 Å². The van der Waals surface area contributed by atoms with Crippen LogP contribution in [-0.2, 0) is 10.0 Å². The van der Waals surface area contributed by atoms with E-state index >= 15 is 0 Å². The van der Waals surface area contributed by atoms with Gasteiger partial charge < -0.3 is 10.6 Å². The fourth-order valence-electron chi connectivity index (χ4n) is 4.23. The summed E-state index contributed by atoms with van der Waals surface area (Å²) in [6.45, 7) is 3.75. The van der Waals surface area contributed by atoms with Crippen LogP contribution >= 0.6 is 0 Å². The van der Waals surface area contributed by atoms with Crippen LogP contribution in [0.4, 0.5) is 0 Å². The standard InChI is InChI=1S/C26H31N3O2S/c1-20-14-16-24(17-15-20)32(30,31)29-26(22-11-6-3-7-12-22)25(21-9-4-2-5-10-21)28-19-23-13-8-18-27-23/h2-7,9-12,14-17,23,25-29H,8,13,18-19H2,1H3/t23-,25+,26+/m0/s1. The molecule has 3 N–H and O–H groups in total. The molecule has 3 atom stereocenters. The van der Waals surface area contributed by atoms with Crippen LogP contribution in [0.25, 0.3) is 0 Å². The fraction of sp³-hybridized carbons (Fsp3) is 0.308. The van der Waals surface area contributed by atoms with Crippen LogP contribution in [0.2, 0.25) is 0 Å². The summed E-state index contributed by atoms with van der Waals surface area (Å²) < 4.78 is 29.8. The highest BCUT2D eigenvalue weighted by Gasteiger charge is 2.30. The summed E-state index contributed by atoms with van der Waals surface area (Å²) in [5.41, 5.74) is 2.99. The van der Waals surface area contributed by atoms with Crippen molar-refractivity contribution in [2.75, 3.05) is 13.1 Å². The summed E-state index contributed by atoms with van der Waals surface area (Å²) in [7, 11) is -3.72. The summed E-state index contributed by atoms with van der Waals surface area (Å²) in [5.74, 6) is 0. The van der Waals surface area contributed by atoms with E-state index in [1.165, 1.54) is 6.42 Å². The van der Waals surface area contributed by atoms with Gasteiger partial charge >= 0.3 is 0 Å². The summed E-state index contributed by atoms with van der Waals surface area (Å²) in [4.78, 5) is 0.272. The average molecular weight is 450 g/mol. The molecule has 0 aromatic heterocycles. The van der Waals surface area contributed by atoms with Gasteiger partial charge in [0.25, 0.3) is 0 Å². The van der Waals surface area contributed by atoms with E-state index in [0.717, 1.165) is 36.2 Å². The summed E-state index contributed by atoms with van der Waals surface area (Å²) in [6.07, 6.45) is 2.30. The van der Waals surface area contributed by atoms with Crippen molar-refractivity contribution in [2.24, 2.45) is 0 Å². The van der Waals surface area contributed by atoms with Gasteiger partial charge in [0.05, 0.1) is 17.0 Å². The Labute approximate surface area is 191 Å². The topological polar surface area (TPSA) is 70.2 Å². The SMILES string of the molecule is Cc1ccc(S(=O)(=O)N[C@H](c2ccccc2)[C@H](NC[C@@H]2CCCN2)c2ccccc2)cc1. The van der Waals surface area contributed by atoms with Gasteiger partial charge in [-0.15, -0.1) is 0 Å². The minimum absolute atomic E-state index is 0.221. The molecule has 0 radical (unpaired) electrons. The van der Waals surface area contributed by atoms with E-state index in [1.807, 2.05) is 67.6 Å². The molecule has 1 aliphatic rings. The van der Waals surface area contributed by atoms with E-state index in [9.17, 15) is 8.42 Å². The Bertz CT molecular complexity index is 1080. The van der Waals surface area contributed by atoms with Gasteiger partial charge in [-0.2, -0.15) is 0 Å². The maximum absolute atomic E-state index is 13.4. The van der Waals surface area contributed by atoms with E-state index in [2.05, 4.69) is 27.5 Å². The normalized spacial score (nSPS) is 18.3. The van der Waals surface area contributed by atoms with Gasteiger partial charge in [0.15, 0.2) is 0 Å². The van der Waals surface area contributed by atoms with Gasteiger partial charge in [-0.05, 0) is 49.6 Å². The van der Waals surface area contributed by atoms with Gasteiger partial charge in [-0.1, -0.05) is 78.4 Å². The van der Waals surface area contributed by atoms with Crippen molar-refractivity contribution in [1.82, 2.24) is 15.4 Å². The molecule has 1 heterocycles. The van der Waals surface area contributed by atoms with Gasteiger partial charge in [0.2, 0.25) is 10.0 Å². The quantitative estimate of drug-likeness (QED) is 0.460. The molecule has 168 valence electrons. The Hall–Kier alpha value is -2.51. The maximum Gasteiger partial charge on any atom is 0.241 e. The lowest BCUT2D eigenvalue weighted by molar-refractivity contribution is 0.399. The molecule has 1 aliphatic heterocycles. The van der Waals surface area contributed by atoms with E-state index in [0.29, 0.717) is 6.04 Å². The summed E-state index contributed by atoms with van der Waals surface area (Å²) in [6, 6.07) is 26.5. The molecule has 3 aromatic rings. The molecule has 3 aromatic carbocycles. The molecular weight excluding hydrogens is 418 g/mol. The van der Waals surface area contributed by atoms with Crippen LogP contribution in [0.15, 0.2) is 89.8 Å². The predicted octanol–water partition coefficient (Wildman–Crippen LogP) is 4.10.